The van der Waals surface area contributed by atoms with Crippen molar-refractivity contribution in [2.45, 2.75) is 19.9 Å². The van der Waals surface area contributed by atoms with Crippen LogP contribution in [0.3, 0.4) is 0 Å². The van der Waals surface area contributed by atoms with Gasteiger partial charge in [-0.2, -0.15) is 5.10 Å². The zero-order valence-electron chi connectivity index (χ0n) is 13.9. The van der Waals surface area contributed by atoms with E-state index in [9.17, 15) is 4.79 Å². The van der Waals surface area contributed by atoms with Crippen LogP contribution in [0.2, 0.25) is 5.02 Å². The number of H-pyrrole nitrogens is 1. The fourth-order valence-electron chi connectivity index (χ4n) is 2.43. The van der Waals surface area contributed by atoms with E-state index in [1.54, 1.807) is 6.07 Å². The Hall–Kier alpha value is -2.86. The highest BCUT2D eigenvalue weighted by atomic mass is 35.5. The van der Waals surface area contributed by atoms with E-state index in [4.69, 9.17) is 11.6 Å². The minimum atomic E-state index is -0.296. The maximum atomic E-state index is 12.2. The average molecular weight is 356 g/mol. The van der Waals surface area contributed by atoms with Crippen LogP contribution in [-0.4, -0.2) is 21.2 Å². The van der Waals surface area contributed by atoms with Gasteiger partial charge in [-0.15, -0.1) is 0 Å². The highest BCUT2D eigenvalue weighted by molar-refractivity contribution is 6.30. The van der Waals surface area contributed by atoms with Gasteiger partial charge in [0.2, 0.25) is 0 Å². The van der Waals surface area contributed by atoms with Crippen LogP contribution in [-0.2, 0) is 0 Å². The van der Waals surface area contributed by atoms with Crippen molar-refractivity contribution in [3.63, 3.8) is 0 Å². The molecule has 128 valence electrons. The molecule has 0 aliphatic rings. The molecule has 0 spiro atoms. The predicted molar refractivity (Wildman–Crippen MR) is 98.6 cm³/mol. The summed E-state index contributed by atoms with van der Waals surface area (Å²) in [6, 6.07) is 14.3. The lowest BCUT2D eigenvalue weighted by Crippen LogP contribution is -2.31. The first-order valence-corrected chi connectivity index (χ1v) is 8.21. The molecule has 2 amide bonds. The van der Waals surface area contributed by atoms with Crippen LogP contribution >= 0.6 is 11.6 Å². The number of carbonyl (C=O) groups excluding carboxylic acids is 1. The van der Waals surface area contributed by atoms with Crippen molar-refractivity contribution in [3.05, 3.63) is 64.9 Å². The number of rotatable bonds is 4. The standard InChI is InChI=1S/C18H18ClN5O/c1-11(13-5-3-7-15(19)9-13)20-18(25)22-16-8-4-6-14(10-16)17-21-12(2)23-24-17/h3-11H,1-2H3,(H2,20,22,25)(H,21,23,24). The molecule has 7 heteroatoms. The van der Waals surface area contributed by atoms with Crippen LogP contribution in [0, 0.1) is 6.92 Å². The lowest BCUT2D eigenvalue weighted by atomic mass is 10.1. The lowest BCUT2D eigenvalue weighted by molar-refractivity contribution is 0.249. The Kier molecular flexibility index (Phi) is 5.00. The molecular weight excluding hydrogens is 338 g/mol. The lowest BCUT2D eigenvalue weighted by Gasteiger charge is -2.15. The summed E-state index contributed by atoms with van der Waals surface area (Å²) in [5, 5.41) is 13.3. The van der Waals surface area contributed by atoms with Gasteiger partial charge in [0.15, 0.2) is 5.82 Å². The van der Waals surface area contributed by atoms with Gasteiger partial charge in [-0.25, -0.2) is 9.78 Å². The number of amides is 2. The van der Waals surface area contributed by atoms with Crippen molar-refractivity contribution in [2.24, 2.45) is 0 Å². The molecule has 1 unspecified atom stereocenters. The van der Waals surface area contributed by atoms with Crippen LogP contribution in [0.1, 0.15) is 24.4 Å². The summed E-state index contributed by atoms with van der Waals surface area (Å²) in [4.78, 5) is 16.5. The molecule has 0 saturated heterocycles. The van der Waals surface area contributed by atoms with Crippen LogP contribution in [0.25, 0.3) is 11.4 Å². The van der Waals surface area contributed by atoms with E-state index in [2.05, 4.69) is 25.8 Å². The first-order chi connectivity index (χ1) is 12.0. The molecule has 0 aliphatic carbocycles. The number of carbonyl (C=O) groups is 1. The monoisotopic (exact) mass is 355 g/mol. The fourth-order valence-corrected chi connectivity index (χ4v) is 2.63. The Labute approximate surface area is 150 Å². The summed E-state index contributed by atoms with van der Waals surface area (Å²) in [6.45, 7) is 3.74. The molecule has 25 heavy (non-hydrogen) atoms. The van der Waals surface area contributed by atoms with Gasteiger partial charge in [0.25, 0.3) is 0 Å². The molecule has 1 heterocycles. The van der Waals surface area contributed by atoms with Gasteiger partial charge in [0.05, 0.1) is 6.04 Å². The zero-order chi connectivity index (χ0) is 17.8. The molecule has 1 atom stereocenters. The fraction of sp³-hybridized carbons (Fsp3) is 0.167. The molecule has 0 bridgehead atoms. The highest BCUT2D eigenvalue weighted by Crippen LogP contribution is 2.20. The third-order valence-electron chi connectivity index (χ3n) is 3.67. The van der Waals surface area contributed by atoms with Crippen molar-refractivity contribution in [2.75, 3.05) is 5.32 Å². The van der Waals surface area contributed by atoms with E-state index in [1.807, 2.05) is 56.3 Å². The quantitative estimate of drug-likeness (QED) is 0.651. The minimum absolute atomic E-state index is 0.169. The van der Waals surface area contributed by atoms with Crippen molar-refractivity contribution in [1.29, 1.82) is 0 Å². The van der Waals surface area contributed by atoms with E-state index in [1.165, 1.54) is 0 Å². The Bertz CT molecular complexity index is 892. The number of nitrogens with zero attached hydrogens (tertiary/aromatic N) is 2. The van der Waals surface area contributed by atoms with Gasteiger partial charge >= 0.3 is 6.03 Å². The molecule has 3 aromatic rings. The smallest absolute Gasteiger partial charge is 0.319 e. The number of aromatic amines is 1. The van der Waals surface area contributed by atoms with E-state index in [0.717, 1.165) is 17.0 Å². The second-order valence-electron chi connectivity index (χ2n) is 5.70. The zero-order valence-corrected chi connectivity index (χ0v) is 14.6. The Morgan fingerprint density at radius 1 is 1.20 bits per heavy atom. The molecular formula is C18H18ClN5O. The summed E-state index contributed by atoms with van der Waals surface area (Å²) in [7, 11) is 0. The molecule has 2 aromatic carbocycles. The normalized spacial score (nSPS) is 11.8. The molecule has 3 N–H and O–H groups in total. The van der Waals surface area contributed by atoms with Crippen molar-refractivity contribution in [3.8, 4) is 11.4 Å². The number of aryl methyl sites for hydroxylation is 1. The molecule has 3 rings (SSSR count). The first-order valence-electron chi connectivity index (χ1n) is 7.83. The molecule has 0 fully saturated rings. The highest BCUT2D eigenvalue weighted by Gasteiger charge is 2.11. The van der Waals surface area contributed by atoms with Crippen molar-refractivity contribution < 1.29 is 4.79 Å². The van der Waals surface area contributed by atoms with E-state index in [-0.39, 0.29) is 12.1 Å². The summed E-state index contributed by atoms with van der Waals surface area (Å²) in [5.41, 5.74) is 2.42. The number of urea groups is 1. The summed E-state index contributed by atoms with van der Waals surface area (Å²) >= 11 is 5.99. The maximum absolute atomic E-state index is 12.2. The number of aromatic nitrogens is 3. The van der Waals surface area contributed by atoms with Crippen LogP contribution in [0.5, 0.6) is 0 Å². The van der Waals surface area contributed by atoms with E-state index >= 15 is 0 Å². The molecule has 1 aromatic heterocycles. The van der Waals surface area contributed by atoms with Gasteiger partial charge in [-0.05, 0) is 43.7 Å². The number of anilines is 1. The molecule has 6 nitrogen and oxygen atoms in total. The average Bonchev–Trinajstić information content (AvgIpc) is 3.01. The maximum Gasteiger partial charge on any atom is 0.319 e. The first kappa shape index (κ1) is 17.0. The summed E-state index contributed by atoms with van der Waals surface area (Å²) in [5.74, 6) is 1.33. The third kappa shape index (κ3) is 4.36. The summed E-state index contributed by atoms with van der Waals surface area (Å²) in [6.07, 6.45) is 0. The van der Waals surface area contributed by atoms with Crippen LogP contribution in [0.15, 0.2) is 48.5 Å². The topological polar surface area (TPSA) is 82.7 Å². The van der Waals surface area contributed by atoms with Gasteiger partial charge in [-0.3, -0.25) is 5.10 Å². The molecule has 0 radical (unpaired) electrons. The number of halogens is 1. The third-order valence-corrected chi connectivity index (χ3v) is 3.91. The second-order valence-corrected chi connectivity index (χ2v) is 6.14. The predicted octanol–water partition coefficient (Wildman–Crippen LogP) is 4.32. The van der Waals surface area contributed by atoms with Crippen molar-refractivity contribution in [1.82, 2.24) is 20.5 Å². The van der Waals surface area contributed by atoms with Gasteiger partial charge in [-0.1, -0.05) is 35.9 Å². The molecule has 0 saturated carbocycles. The number of hydrogen-bond donors (Lipinski definition) is 3. The summed E-state index contributed by atoms with van der Waals surface area (Å²) < 4.78 is 0. The number of benzene rings is 2. The van der Waals surface area contributed by atoms with Gasteiger partial charge in [0, 0.05) is 16.3 Å². The Balaban J connectivity index is 1.67. The van der Waals surface area contributed by atoms with Crippen LogP contribution in [0.4, 0.5) is 10.5 Å². The van der Waals surface area contributed by atoms with Gasteiger partial charge < -0.3 is 10.6 Å². The Morgan fingerprint density at radius 3 is 2.72 bits per heavy atom. The number of hydrogen-bond acceptors (Lipinski definition) is 3. The van der Waals surface area contributed by atoms with E-state index in [0.29, 0.717) is 16.5 Å². The SMILES string of the molecule is Cc1nc(-c2cccc(NC(=O)NC(C)c3cccc(Cl)c3)c2)n[nH]1. The van der Waals surface area contributed by atoms with Gasteiger partial charge in [0.1, 0.15) is 5.82 Å². The largest absolute Gasteiger partial charge is 0.331 e. The minimum Gasteiger partial charge on any atom is -0.331 e. The molecule has 0 aliphatic heterocycles. The Morgan fingerprint density at radius 2 is 2.00 bits per heavy atom. The van der Waals surface area contributed by atoms with Crippen molar-refractivity contribution >= 4 is 23.3 Å². The van der Waals surface area contributed by atoms with Crippen LogP contribution < -0.4 is 10.6 Å². The van der Waals surface area contributed by atoms with E-state index < -0.39 is 0 Å². The second kappa shape index (κ2) is 7.36. The number of nitrogens with one attached hydrogen (secondary N) is 3.